The van der Waals surface area contributed by atoms with E-state index in [-0.39, 0.29) is 17.9 Å². The van der Waals surface area contributed by atoms with Gasteiger partial charge in [0.15, 0.2) is 0 Å². The number of aromatic amines is 1. The highest BCUT2D eigenvalue weighted by Crippen LogP contribution is 2.32. The Morgan fingerprint density at radius 2 is 2.17 bits per heavy atom. The Morgan fingerprint density at radius 3 is 2.88 bits per heavy atom. The van der Waals surface area contributed by atoms with Gasteiger partial charge in [-0.05, 0) is 26.0 Å². The van der Waals surface area contributed by atoms with E-state index in [1.54, 1.807) is 24.4 Å². The molecule has 0 saturated carbocycles. The zero-order valence-corrected chi connectivity index (χ0v) is 13.9. The van der Waals surface area contributed by atoms with Crippen LogP contribution in [-0.2, 0) is 0 Å². The van der Waals surface area contributed by atoms with Gasteiger partial charge in [0.2, 0.25) is 0 Å². The van der Waals surface area contributed by atoms with Crippen molar-refractivity contribution in [3.63, 3.8) is 0 Å². The number of carbonyl (C=O) groups is 1. The molecule has 0 aliphatic rings. The predicted octanol–water partition coefficient (Wildman–Crippen LogP) is 3.86. The van der Waals surface area contributed by atoms with Crippen LogP contribution in [0.15, 0.2) is 36.7 Å². The van der Waals surface area contributed by atoms with Crippen LogP contribution < -0.4 is 10.6 Å². The topological polar surface area (TPSA) is 82.7 Å². The van der Waals surface area contributed by atoms with Gasteiger partial charge in [-0.25, -0.2) is 14.2 Å². The molecule has 1 atom stereocenters. The van der Waals surface area contributed by atoms with E-state index in [9.17, 15) is 9.18 Å². The van der Waals surface area contributed by atoms with Crippen molar-refractivity contribution in [1.29, 1.82) is 0 Å². The number of aryl methyl sites for hydroxylation is 1. The number of hydrogen-bond acceptors (Lipinski definition) is 4. The van der Waals surface area contributed by atoms with E-state index in [2.05, 4.69) is 25.8 Å². The lowest BCUT2D eigenvalue weighted by Gasteiger charge is -2.13. The molecule has 1 unspecified atom stereocenters. The maximum absolute atomic E-state index is 13.9. The first-order chi connectivity index (χ1) is 11.5. The number of benzene rings is 1. The molecule has 3 aromatic rings. The van der Waals surface area contributed by atoms with Crippen molar-refractivity contribution in [3.8, 4) is 10.6 Å². The molecule has 0 radical (unpaired) electrons. The highest BCUT2D eigenvalue weighted by atomic mass is 32.1. The third-order valence-corrected chi connectivity index (χ3v) is 4.81. The molecule has 6 nitrogen and oxygen atoms in total. The van der Waals surface area contributed by atoms with Crippen molar-refractivity contribution in [2.75, 3.05) is 5.32 Å². The number of anilines is 1. The second kappa shape index (κ2) is 6.79. The second-order valence-corrected chi connectivity index (χ2v) is 6.29. The van der Waals surface area contributed by atoms with E-state index in [1.807, 2.05) is 13.8 Å². The number of carbonyl (C=O) groups excluding carboxylic acids is 1. The largest absolute Gasteiger partial charge is 0.330 e. The smallest absolute Gasteiger partial charge is 0.319 e. The molecule has 3 rings (SSSR count). The zero-order chi connectivity index (χ0) is 17.1. The van der Waals surface area contributed by atoms with Gasteiger partial charge in [-0.3, -0.25) is 5.10 Å². The van der Waals surface area contributed by atoms with Gasteiger partial charge in [-0.1, -0.05) is 12.1 Å². The predicted molar refractivity (Wildman–Crippen MR) is 91.4 cm³/mol. The van der Waals surface area contributed by atoms with Crippen LogP contribution in [0.25, 0.3) is 10.6 Å². The molecule has 0 spiro atoms. The van der Waals surface area contributed by atoms with E-state index >= 15 is 0 Å². The number of nitrogens with one attached hydrogen (secondary N) is 3. The number of halogens is 1. The number of hydrogen-bond donors (Lipinski definition) is 3. The number of urea groups is 1. The Morgan fingerprint density at radius 1 is 1.38 bits per heavy atom. The van der Waals surface area contributed by atoms with Crippen molar-refractivity contribution in [3.05, 3.63) is 53.0 Å². The Kier molecular flexibility index (Phi) is 4.57. The minimum atomic E-state index is -0.343. The minimum Gasteiger partial charge on any atom is -0.330 e. The van der Waals surface area contributed by atoms with Crippen LogP contribution in [0.4, 0.5) is 14.9 Å². The lowest BCUT2D eigenvalue weighted by atomic mass is 10.2. The van der Waals surface area contributed by atoms with E-state index < -0.39 is 0 Å². The Hall–Kier alpha value is -2.74. The summed E-state index contributed by atoms with van der Waals surface area (Å²) in [5, 5.41) is 12.5. The molecule has 0 aliphatic carbocycles. The Balaban J connectivity index is 1.75. The van der Waals surface area contributed by atoms with Gasteiger partial charge in [-0.15, -0.1) is 11.3 Å². The minimum absolute atomic E-state index is 0.255. The summed E-state index contributed by atoms with van der Waals surface area (Å²) in [5.41, 5.74) is 1.81. The molecule has 0 fully saturated rings. The first kappa shape index (κ1) is 16.1. The fourth-order valence-electron chi connectivity index (χ4n) is 2.31. The molecule has 124 valence electrons. The molecule has 2 heterocycles. The number of thiazole rings is 1. The molecule has 0 aliphatic heterocycles. The van der Waals surface area contributed by atoms with Gasteiger partial charge in [0, 0.05) is 11.8 Å². The Labute approximate surface area is 142 Å². The molecule has 1 aromatic carbocycles. The molecular weight excluding hydrogens is 329 g/mol. The SMILES string of the molecule is Cc1nc(-c2ccccc2F)sc1C(C)NC(=O)Nc1cn[nH]c1. The van der Waals surface area contributed by atoms with Gasteiger partial charge in [0.05, 0.1) is 28.5 Å². The molecule has 2 aromatic heterocycles. The number of nitrogens with zero attached hydrogens (tertiary/aromatic N) is 2. The molecular formula is C16H16FN5OS. The van der Waals surface area contributed by atoms with Crippen LogP contribution in [-0.4, -0.2) is 21.2 Å². The Bertz CT molecular complexity index is 846. The van der Waals surface area contributed by atoms with E-state index in [0.29, 0.717) is 16.3 Å². The van der Waals surface area contributed by atoms with Crippen molar-refractivity contribution in [2.24, 2.45) is 0 Å². The van der Waals surface area contributed by atoms with Gasteiger partial charge >= 0.3 is 6.03 Å². The van der Waals surface area contributed by atoms with Gasteiger partial charge in [0.1, 0.15) is 10.8 Å². The number of aromatic nitrogens is 3. The standard InChI is InChI=1S/C16H16FN5OS/c1-9-14(10(2)21-16(23)22-11-7-18-19-8-11)24-15(20-9)12-5-3-4-6-13(12)17/h3-8,10H,1-2H3,(H,18,19)(H2,21,22,23). The summed E-state index contributed by atoms with van der Waals surface area (Å²) in [6.45, 7) is 3.71. The van der Waals surface area contributed by atoms with Crippen LogP contribution in [0.1, 0.15) is 23.5 Å². The summed E-state index contributed by atoms with van der Waals surface area (Å²) >= 11 is 1.37. The maximum Gasteiger partial charge on any atom is 0.319 e. The number of H-pyrrole nitrogens is 1. The van der Waals surface area contributed by atoms with Crippen LogP contribution in [0.2, 0.25) is 0 Å². The normalized spacial score (nSPS) is 12.0. The average molecular weight is 345 g/mol. The fraction of sp³-hybridized carbons (Fsp3) is 0.188. The van der Waals surface area contributed by atoms with Crippen molar-refractivity contribution in [1.82, 2.24) is 20.5 Å². The van der Waals surface area contributed by atoms with Crippen molar-refractivity contribution >= 4 is 23.1 Å². The van der Waals surface area contributed by atoms with E-state index in [0.717, 1.165) is 10.6 Å². The summed E-state index contributed by atoms with van der Waals surface area (Å²) in [4.78, 5) is 17.3. The summed E-state index contributed by atoms with van der Waals surface area (Å²) in [7, 11) is 0. The van der Waals surface area contributed by atoms with Crippen LogP contribution in [0.3, 0.4) is 0 Å². The monoisotopic (exact) mass is 345 g/mol. The van der Waals surface area contributed by atoms with Crippen molar-refractivity contribution in [2.45, 2.75) is 19.9 Å². The van der Waals surface area contributed by atoms with Crippen molar-refractivity contribution < 1.29 is 9.18 Å². The van der Waals surface area contributed by atoms with Gasteiger partial charge < -0.3 is 10.6 Å². The van der Waals surface area contributed by atoms with Crippen LogP contribution >= 0.6 is 11.3 Å². The maximum atomic E-state index is 13.9. The average Bonchev–Trinajstić information content (AvgIpc) is 3.17. The quantitative estimate of drug-likeness (QED) is 0.671. The first-order valence-electron chi connectivity index (χ1n) is 7.33. The van der Waals surface area contributed by atoms with Crippen LogP contribution in [0, 0.1) is 12.7 Å². The molecule has 24 heavy (non-hydrogen) atoms. The van der Waals surface area contributed by atoms with Gasteiger partial charge in [0.25, 0.3) is 0 Å². The van der Waals surface area contributed by atoms with E-state index in [4.69, 9.17) is 0 Å². The molecule has 0 bridgehead atoms. The fourth-order valence-corrected chi connectivity index (χ4v) is 3.40. The summed E-state index contributed by atoms with van der Waals surface area (Å²) in [5.74, 6) is -0.309. The second-order valence-electron chi connectivity index (χ2n) is 5.26. The lowest BCUT2D eigenvalue weighted by Crippen LogP contribution is -2.30. The third-order valence-electron chi connectivity index (χ3n) is 3.43. The highest BCUT2D eigenvalue weighted by Gasteiger charge is 2.18. The molecule has 8 heteroatoms. The number of amides is 2. The van der Waals surface area contributed by atoms with Crippen LogP contribution in [0.5, 0.6) is 0 Å². The lowest BCUT2D eigenvalue weighted by molar-refractivity contribution is 0.249. The summed E-state index contributed by atoms with van der Waals surface area (Å²) in [6, 6.07) is 5.92. The van der Waals surface area contributed by atoms with Gasteiger partial charge in [-0.2, -0.15) is 5.10 Å². The molecule has 0 saturated heterocycles. The summed E-state index contributed by atoms with van der Waals surface area (Å²) < 4.78 is 13.9. The highest BCUT2D eigenvalue weighted by molar-refractivity contribution is 7.15. The zero-order valence-electron chi connectivity index (χ0n) is 13.1. The first-order valence-corrected chi connectivity index (χ1v) is 8.14. The number of rotatable bonds is 4. The van der Waals surface area contributed by atoms with E-state index in [1.165, 1.54) is 23.6 Å². The third kappa shape index (κ3) is 3.43. The summed E-state index contributed by atoms with van der Waals surface area (Å²) in [6.07, 6.45) is 3.09. The molecule has 3 N–H and O–H groups in total. The molecule has 2 amide bonds.